The molecule has 23 heavy (non-hydrogen) atoms. The van der Waals surface area contributed by atoms with E-state index < -0.39 is 0 Å². The van der Waals surface area contributed by atoms with Gasteiger partial charge in [0.05, 0.1) is 11.6 Å². The number of nitrogen functional groups attached to an aromatic ring is 1. The molecular weight excluding hydrogens is 280 g/mol. The molecule has 4 rings (SSSR count). The molecule has 2 atom stereocenters. The maximum absolute atomic E-state index is 6.03. The Labute approximate surface area is 137 Å². The van der Waals surface area contributed by atoms with Gasteiger partial charge in [0.1, 0.15) is 0 Å². The van der Waals surface area contributed by atoms with Gasteiger partial charge in [-0.15, -0.1) is 0 Å². The highest BCUT2D eigenvalue weighted by Crippen LogP contribution is 2.51. The van der Waals surface area contributed by atoms with Crippen LogP contribution in [0.2, 0.25) is 0 Å². The van der Waals surface area contributed by atoms with Crippen molar-refractivity contribution >= 4 is 5.69 Å². The van der Waals surface area contributed by atoms with E-state index in [1.165, 1.54) is 16.7 Å². The van der Waals surface area contributed by atoms with Gasteiger partial charge in [-0.05, 0) is 35.2 Å². The Bertz CT molecular complexity index is 798. The first-order valence-electron chi connectivity index (χ1n) is 8.00. The van der Waals surface area contributed by atoms with E-state index in [9.17, 15) is 0 Å². The minimum atomic E-state index is -0.0713. The van der Waals surface area contributed by atoms with Gasteiger partial charge in [0, 0.05) is 5.69 Å². The van der Waals surface area contributed by atoms with Crippen molar-refractivity contribution in [3.8, 4) is 0 Å². The summed E-state index contributed by atoms with van der Waals surface area (Å²) in [5.41, 5.74) is 10.7. The Morgan fingerprint density at radius 2 is 1.52 bits per heavy atom. The van der Waals surface area contributed by atoms with Crippen LogP contribution in [0.4, 0.5) is 5.69 Å². The van der Waals surface area contributed by atoms with E-state index in [-0.39, 0.29) is 5.54 Å². The van der Waals surface area contributed by atoms with Gasteiger partial charge < -0.3 is 5.73 Å². The van der Waals surface area contributed by atoms with E-state index in [1.807, 2.05) is 12.1 Å². The quantitative estimate of drug-likeness (QED) is 0.564. The Morgan fingerprint density at radius 3 is 2.22 bits per heavy atom. The fraction of sp³-hybridized carbons (Fsp3) is 0.143. The minimum absolute atomic E-state index is 0.0713. The molecule has 0 bridgehead atoms. The number of benzene rings is 3. The monoisotopic (exact) mass is 300 g/mol. The highest BCUT2D eigenvalue weighted by Gasteiger charge is 2.55. The van der Waals surface area contributed by atoms with Crippen LogP contribution in [0.15, 0.2) is 84.9 Å². The molecule has 0 spiro atoms. The third-order valence-electron chi connectivity index (χ3n) is 4.67. The molecule has 2 heteroatoms. The highest BCUT2D eigenvalue weighted by molar-refractivity contribution is 5.49. The Kier molecular flexibility index (Phi) is 3.40. The van der Waals surface area contributed by atoms with E-state index in [0.29, 0.717) is 6.04 Å². The first-order valence-corrected chi connectivity index (χ1v) is 8.00. The van der Waals surface area contributed by atoms with Gasteiger partial charge in [0.15, 0.2) is 0 Å². The van der Waals surface area contributed by atoms with Crippen molar-refractivity contribution in [1.82, 2.24) is 5.32 Å². The first-order chi connectivity index (χ1) is 11.3. The normalized spacial score (nSPS) is 22.7. The summed E-state index contributed by atoms with van der Waals surface area (Å²) in [6, 6.07) is 29.9. The van der Waals surface area contributed by atoms with Gasteiger partial charge in [0.25, 0.3) is 0 Å². The van der Waals surface area contributed by atoms with Crippen LogP contribution in [-0.2, 0) is 12.0 Å². The average Bonchev–Trinajstić information content (AvgIpc) is 3.32. The molecule has 114 valence electrons. The second kappa shape index (κ2) is 5.56. The summed E-state index contributed by atoms with van der Waals surface area (Å²) < 4.78 is 0. The molecule has 3 N–H and O–H groups in total. The predicted molar refractivity (Wildman–Crippen MR) is 95.0 cm³/mol. The molecule has 1 saturated heterocycles. The molecule has 1 aliphatic rings. The Balaban J connectivity index is 1.74. The smallest absolute Gasteiger partial charge is 0.0679 e. The zero-order chi connectivity index (χ0) is 15.7. The second-order valence-corrected chi connectivity index (χ2v) is 6.25. The molecule has 1 unspecified atom stereocenters. The minimum Gasteiger partial charge on any atom is -0.399 e. The topological polar surface area (TPSA) is 48.0 Å². The number of nitrogens with one attached hydrogen (secondary N) is 1. The lowest BCUT2D eigenvalue weighted by molar-refractivity contribution is 0.644. The van der Waals surface area contributed by atoms with Gasteiger partial charge in [-0.3, -0.25) is 5.32 Å². The van der Waals surface area contributed by atoms with Crippen LogP contribution >= 0.6 is 0 Å². The number of rotatable bonds is 4. The molecule has 2 nitrogen and oxygen atoms in total. The van der Waals surface area contributed by atoms with Crippen molar-refractivity contribution in [3.05, 3.63) is 102 Å². The molecule has 1 heterocycles. The van der Waals surface area contributed by atoms with Crippen molar-refractivity contribution in [1.29, 1.82) is 0 Å². The van der Waals surface area contributed by atoms with E-state index >= 15 is 0 Å². The molecule has 0 radical (unpaired) electrons. The SMILES string of the molecule is Nc1cccc([C@]2(Cc3ccccc3)NC2c2ccccc2)c1. The molecule has 0 saturated carbocycles. The standard InChI is InChI=1S/C21H20N2/c22-19-13-7-12-18(14-19)21(15-16-8-3-1-4-9-16)20(23-21)17-10-5-2-6-11-17/h1-14,20,23H,15,22H2/t20?,21-/m0/s1. The van der Waals surface area contributed by atoms with Gasteiger partial charge in [-0.2, -0.15) is 0 Å². The second-order valence-electron chi connectivity index (χ2n) is 6.25. The summed E-state index contributed by atoms with van der Waals surface area (Å²) in [7, 11) is 0. The highest BCUT2D eigenvalue weighted by atomic mass is 15.2. The number of nitrogens with two attached hydrogens (primary N) is 1. The Hall–Kier alpha value is -2.58. The summed E-state index contributed by atoms with van der Waals surface area (Å²) in [5.74, 6) is 0. The maximum atomic E-state index is 6.03. The van der Waals surface area contributed by atoms with Crippen molar-refractivity contribution in [2.75, 3.05) is 5.73 Å². The molecule has 3 aromatic rings. The number of hydrogen-bond acceptors (Lipinski definition) is 2. The zero-order valence-electron chi connectivity index (χ0n) is 12.9. The van der Waals surface area contributed by atoms with Gasteiger partial charge in [-0.25, -0.2) is 0 Å². The molecule has 0 amide bonds. The number of anilines is 1. The summed E-state index contributed by atoms with van der Waals surface area (Å²) in [4.78, 5) is 0. The van der Waals surface area contributed by atoms with Crippen LogP contribution in [-0.4, -0.2) is 0 Å². The number of hydrogen-bond donors (Lipinski definition) is 2. The summed E-state index contributed by atoms with van der Waals surface area (Å²) in [6.07, 6.45) is 0.955. The van der Waals surface area contributed by atoms with Gasteiger partial charge in [-0.1, -0.05) is 72.8 Å². The lowest BCUT2D eigenvalue weighted by atomic mass is 9.86. The Morgan fingerprint density at radius 1 is 0.826 bits per heavy atom. The zero-order valence-corrected chi connectivity index (χ0v) is 12.9. The first kappa shape index (κ1) is 14.0. The van der Waals surface area contributed by atoms with Crippen LogP contribution in [0, 0.1) is 0 Å². The summed E-state index contributed by atoms with van der Waals surface area (Å²) >= 11 is 0. The molecule has 1 aliphatic heterocycles. The molecular formula is C21H20N2. The fourth-order valence-electron chi connectivity index (χ4n) is 3.47. The average molecular weight is 300 g/mol. The summed E-state index contributed by atoms with van der Waals surface area (Å²) in [5, 5.41) is 3.73. The van der Waals surface area contributed by atoms with Crippen molar-refractivity contribution in [3.63, 3.8) is 0 Å². The third-order valence-corrected chi connectivity index (χ3v) is 4.67. The van der Waals surface area contributed by atoms with E-state index in [4.69, 9.17) is 5.73 Å². The van der Waals surface area contributed by atoms with Crippen molar-refractivity contribution < 1.29 is 0 Å². The van der Waals surface area contributed by atoms with Crippen LogP contribution in [0.25, 0.3) is 0 Å². The fourth-order valence-corrected chi connectivity index (χ4v) is 3.47. The van der Waals surface area contributed by atoms with Gasteiger partial charge in [0.2, 0.25) is 0 Å². The van der Waals surface area contributed by atoms with Crippen LogP contribution in [0.1, 0.15) is 22.7 Å². The lowest BCUT2D eigenvalue weighted by Gasteiger charge is -2.17. The molecule has 1 fully saturated rings. The summed E-state index contributed by atoms with van der Waals surface area (Å²) in [6.45, 7) is 0. The van der Waals surface area contributed by atoms with Crippen LogP contribution in [0.5, 0.6) is 0 Å². The van der Waals surface area contributed by atoms with E-state index in [2.05, 4.69) is 78.1 Å². The van der Waals surface area contributed by atoms with E-state index in [0.717, 1.165) is 12.1 Å². The van der Waals surface area contributed by atoms with Crippen molar-refractivity contribution in [2.24, 2.45) is 0 Å². The largest absolute Gasteiger partial charge is 0.399 e. The molecule has 0 aromatic heterocycles. The molecule has 0 aliphatic carbocycles. The predicted octanol–water partition coefficient (Wildman–Crippen LogP) is 4.05. The van der Waals surface area contributed by atoms with Crippen LogP contribution < -0.4 is 11.1 Å². The lowest BCUT2D eigenvalue weighted by Crippen LogP contribution is -2.17. The van der Waals surface area contributed by atoms with E-state index in [1.54, 1.807) is 0 Å². The van der Waals surface area contributed by atoms with Gasteiger partial charge >= 0.3 is 0 Å². The molecule has 3 aromatic carbocycles. The van der Waals surface area contributed by atoms with Crippen molar-refractivity contribution in [2.45, 2.75) is 18.0 Å². The third kappa shape index (κ3) is 2.62. The van der Waals surface area contributed by atoms with Crippen LogP contribution in [0.3, 0.4) is 0 Å². The maximum Gasteiger partial charge on any atom is 0.0679 e.